The molecule has 0 aliphatic carbocycles. The third-order valence-electron chi connectivity index (χ3n) is 6.34. The van der Waals surface area contributed by atoms with Gasteiger partial charge < -0.3 is 0 Å². The number of hydrogen-bond acceptors (Lipinski definition) is 1. The van der Waals surface area contributed by atoms with Gasteiger partial charge in [-0.3, -0.25) is 9.47 Å². The molecule has 3 aromatic rings. The Morgan fingerprint density at radius 3 is 2.74 bits per heavy atom. The highest BCUT2D eigenvalue weighted by molar-refractivity contribution is 5.88. The molecule has 3 heteroatoms. The van der Waals surface area contributed by atoms with Gasteiger partial charge in [-0.05, 0) is 81.1 Å². The number of aryl methyl sites for hydroxylation is 2. The quantitative estimate of drug-likeness (QED) is 0.517. The van der Waals surface area contributed by atoms with Gasteiger partial charge in [-0.2, -0.15) is 0 Å². The lowest BCUT2D eigenvalue weighted by Crippen LogP contribution is -2.34. The summed E-state index contributed by atoms with van der Waals surface area (Å²) >= 11 is 0. The average molecular weight is 358 g/mol. The van der Waals surface area contributed by atoms with Crippen LogP contribution in [-0.2, 0) is 6.42 Å². The van der Waals surface area contributed by atoms with E-state index in [0.717, 1.165) is 12.0 Å². The molecule has 2 aliphatic heterocycles. The molecule has 2 atom stereocenters. The molecule has 2 bridgehead atoms. The van der Waals surface area contributed by atoms with Crippen LogP contribution in [0.3, 0.4) is 0 Å². The van der Waals surface area contributed by atoms with Gasteiger partial charge in [-0.15, -0.1) is 0 Å². The number of hydrogen-bond donors (Lipinski definition) is 0. The highest BCUT2D eigenvalue weighted by Crippen LogP contribution is 2.46. The minimum atomic E-state index is -0.181. The van der Waals surface area contributed by atoms with Crippen LogP contribution in [-0.4, -0.2) is 22.6 Å². The molecule has 2 nitrogen and oxygen atoms in total. The predicted octanol–water partition coefficient (Wildman–Crippen LogP) is 4.95. The monoisotopic (exact) mass is 358 g/mol. The standard InChI is InChI=1S/C24H23FN2/c1-15-4-8-21-19(12-15)24-22-9-6-18(26(22)3)14-23(24)27(21)11-10-17-5-7-20(25)16(2)13-17/h4-5,7-8,12-13,18,22H,6,9,14H2,1-3H3. The number of nitrogens with zero attached hydrogens (tertiary/aromatic N) is 2. The van der Waals surface area contributed by atoms with Crippen LogP contribution >= 0.6 is 0 Å². The van der Waals surface area contributed by atoms with Gasteiger partial charge in [-0.25, -0.2) is 4.39 Å². The summed E-state index contributed by atoms with van der Waals surface area (Å²) < 4.78 is 15.8. The molecule has 3 heterocycles. The van der Waals surface area contributed by atoms with Crippen molar-refractivity contribution in [3.8, 4) is 12.0 Å². The SMILES string of the molecule is Cc1ccc2c(c1)c1c(n2C#Cc2ccc(F)c(C)c2)CC2CCC1N2C. The van der Waals surface area contributed by atoms with Gasteiger partial charge in [0, 0.05) is 41.2 Å². The van der Waals surface area contributed by atoms with E-state index in [1.807, 2.05) is 6.07 Å². The number of benzene rings is 2. The molecular weight excluding hydrogens is 335 g/mol. The van der Waals surface area contributed by atoms with Crippen molar-refractivity contribution in [3.05, 3.63) is 70.2 Å². The zero-order valence-corrected chi connectivity index (χ0v) is 16.0. The van der Waals surface area contributed by atoms with Crippen LogP contribution in [0.25, 0.3) is 10.9 Å². The van der Waals surface area contributed by atoms with Crippen LogP contribution in [0.5, 0.6) is 0 Å². The molecule has 0 radical (unpaired) electrons. The summed E-state index contributed by atoms with van der Waals surface area (Å²) in [6, 6.07) is 16.2. The van der Waals surface area contributed by atoms with E-state index in [4.69, 9.17) is 0 Å². The lowest BCUT2D eigenvalue weighted by atomic mass is 9.97. The van der Waals surface area contributed by atoms with E-state index in [1.165, 1.54) is 46.6 Å². The Labute approximate surface area is 159 Å². The molecule has 27 heavy (non-hydrogen) atoms. The number of likely N-dealkylation sites (N-methyl/N-ethyl adjacent to an activating group) is 1. The second kappa shape index (κ2) is 5.97. The van der Waals surface area contributed by atoms with E-state index in [0.29, 0.717) is 17.6 Å². The first-order valence-electron chi connectivity index (χ1n) is 9.67. The highest BCUT2D eigenvalue weighted by Gasteiger charge is 2.40. The van der Waals surface area contributed by atoms with Gasteiger partial charge in [0.2, 0.25) is 0 Å². The van der Waals surface area contributed by atoms with Crippen LogP contribution in [0.1, 0.15) is 46.8 Å². The molecule has 1 aromatic heterocycles. The molecule has 0 saturated carbocycles. The second-order valence-electron chi connectivity index (χ2n) is 8.03. The fourth-order valence-electron chi connectivity index (χ4n) is 4.85. The summed E-state index contributed by atoms with van der Waals surface area (Å²) in [6.45, 7) is 3.93. The molecular formula is C24H23FN2. The lowest BCUT2D eigenvalue weighted by Gasteiger charge is -2.31. The van der Waals surface area contributed by atoms with E-state index in [2.05, 4.69) is 53.6 Å². The first-order chi connectivity index (χ1) is 13.0. The van der Waals surface area contributed by atoms with Crippen LogP contribution < -0.4 is 0 Å². The molecule has 136 valence electrons. The lowest BCUT2D eigenvalue weighted by molar-refractivity contribution is 0.223. The largest absolute Gasteiger partial charge is 0.296 e. The zero-order chi connectivity index (χ0) is 18.7. The Balaban J connectivity index is 1.71. The summed E-state index contributed by atoms with van der Waals surface area (Å²) in [5.74, 6) is 3.08. The van der Waals surface area contributed by atoms with Gasteiger partial charge in [0.15, 0.2) is 0 Å². The van der Waals surface area contributed by atoms with Crippen molar-refractivity contribution in [2.45, 2.75) is 45.2 Å². The predicted molar refractivity (Wildman–Crippen MR) is 107 cm³/mol. The second-order valence-corrected chi connectivity index (χ2v) is 8.03. The van der Waals surface area contributed by atoms with E-state index in [-0.39, 0.29) is 5.82 Å². The average Bonchev–Trinajstić information content (AvgIpc) is 3.06. The zero-order valence-electron chi connectivity index (χ0n) is 16.0. The summed E-state index contributed by atoms with van der Waals surface area (Å²) in [4.78, 5) is 2.55. The van der Waals surface area contributed by atoms with Crippen molar-refractivity contribution in [2.24, 2.45) is 0 Å². The Morgan fingerprint density at radius 2 is 1.93 bits per heavy atom. The topological polar surface area (TPSA) is 8.17 Å². The van der Waals surface area contributed by atoms with Crippen molar-refractivity contribution < 1.29 is 4.39 Å². The van der Waals surface area contributed by atoms with E-state index in [1.54, 1.807) is 13.0 Å². The van der Waals surface area contributed by atoms with Gasteiger partial charge in [0.1, 0.15) is 5.82 Å². The van der Waals surface area contributed by atoms with Crippen molar-refractivity contribution in [1.29, 1.82) is 0 Å². The molecule has 2 aliphatic rings. The van der Waals surface area contributed by atoms with Crippen LogP contribution in [0, 0.1) is 31.6 Å². The number of halogens is 1. The summed E-state index contributed by atoms with van der Waals surface area (Å²) in [5, 5.41) is 1.34. The molecule has 2 unspecified atom stereocenters. The summed E-state index contributed by atoms with van der Waals surface area (Å²) in [6.07, 6.45) is 3.53. The normalized spacial score (nSPS) is 21.2. The van der Waals surface area contributed by atoms with Crippen LogP contribution in [0.15, 0.2) is 36.4 Å². The number of fused-ring (bicyclic) bond motifs is 6. The fraction of sp³-hybridized carbons (Fsp3) is 0.333. The number of rotatable bonds is 0. The third-order valence-corrected chi connectivity index (χ3v) is 6.34. The smallest absolute Gasteiger partial charge is 0.126 e. The van der Waals surface area contributed by atoms with E-state index >= 15 is 0 Å². The highest BCUT2D eigenvalue weighted by atomic mass is 19.1. The van der Waals surface area contributed by atoms with E-state index < -0.39 is 0 Å². The molecule has 0 N–H and O–H groups in total. The minimum absolute atomic E-state index is 0.181. The van der Waals surface area contributed by atoms with Gasteiger partial charge in [0.05, 0.1) is 5.52 Å². The Kier molecular flexibility index (Phi) is 3.67. The van der Waals surface area contributed by atoms with Crippen molar-refractivity contribution in [2.75, 3.05) is 7.05 Å². The number of aromatic nitrogens is 1. The van der Waals surface area contributed by atoms with Gasteiger partial charge in [-0.1, -0.05) is 11.6 Å². The van der Waals surface area contributed by atoms with Crippen molar-refractivity contribution in [1.82, 2.24) is 9.47 Å². The molecule has 2 aromatic carbocycles. The molecule has 0 spiro atoms. The fourth-order valence-corrected chi connectivity index (χ4v) is 4.85. The van der Waals surface area contributed by atoms with Crippen LogP contribution in [0.4, 0.5) is 4.39 Å². The van der Waals surface area contributed by atoms with Crippen molar-refractivity contribution >= 4 is 10.9 Å². The molecule has 1 saturated heterocycles. The van der Waals surface area contributed by atoms with Gasteiger partial charge in [0.25, 0.3) is 0 Å². The minimum Gasteiger partial charge on any atom is -0.296 e. The van der Waals surface area contributed by atoms with Crippen molar-refractivity contribution in [3.63, 3.8) is 0 Å². The molecule has 0 amide bonds. The summed E-state index contributed by atoms with van der Waals surface area (Å²) in [7, 11) is 2.26. The maximum atomic E-state index is 13.6. The Hall–Kier alpha value is -2.57. The maximum Gasteiger partial charge on any atom is 0.126 e. The van der Waals surface area contributed by atoms with Crippen LogP contribution in [0.2, 0.25) is 0 Å². The summed E-state index contributed by atoms with van der Waals surface area (Å²) in [5.41, 5.74) is 6.80. The maximum absolute atomic E-state index is 13.6. The van der Waals surface area contributed by atoms with Gasteiger partial charge >= 0.3 is 0 Å². The third kappa shape index (κ3) is 2.51. The Morgan fingerprint density at radius 1 is 1.07 bits per heavy atom. The first-order valence-corrected chi connectivity index (χ1v) is 9.67. The Bertz CT molecular complexity index is 1130. The molecule has 1 fully saturated rings. The molecule has 5 rings (SSSR count). The van der Waals surface area contributed by atoms with E-state index in [9.17, 15) is 4.39 Å². The first kappa shape index (κ1) is 16.6.